The third-order valence-electron chi connectivity index (χ3n) is 5.73. The predicted molar refractivity (Wildman–Crippen MR) is 149 cm³/mol. The third kappa shape index (κ3) is 5.02. The maximum absolute atomic E-state index is 13.3. The number of ketones is 1. The summed E-state index contributed by atoms with van der Waals surface area (Å²) in [5, 5.41) is 3.72. The zero-order valence-electron chi connectivity index (χ0n) is 19.4. The molecule has 1 N–H and O–H groups in total. The lowest BCUT2D eigenvalue weighted by molar-refractivity contribution is -0.116. The summed E-state index contributed by atoms with van der Waals surface area (Å²) in [4.78, 5) is 25.7. The lowest BCUT2D eigenvalue weighted by Gasteiger charge is -2.17. The second-order valence-electron chi connectivity index (χ2n) is 8.52. The molecule has 0 spiro atoms. The number of aromatic nitrogens is 1. The molecule has 0 aliphatic carbocycles. The Kier molecular flexibility index (Phi) is 6.72. The Morgan fingerprint density at radius 2 is 1.87 bits per heavy atom. The Bertz CT molecular complexity index is 1960. The monoisotopic (exact) mass is 609 g/mol. The molecule has 196 valence electrons. The smallest absolute Gasteiger partial charge is 0.286 e. The van der Waals surface area contributed by atoms with E-state index in [4.69, 9.17) is 23.2 Å². The Labute approximate surface area is 231 Å². The van der Waals surface area contributed by atoms with Gasteiger partial charge in [0.2, 0.25) is 0 Å². The molecule has 0 fully saturated rings. The van der Waals surface area contributed by atoms with Gasteiger partial charge in [-0.2, -0.15) is 8.42 Å². The van der Waals surface area contributed by atoms with Crippen LogP contribution < -0.4 is 10.9 Å². The van der Waals surface area contributed by atoms with E-state index in [2.05, 4.69) is 9.71 Å². The van der Waals surface area contributed by atoms with Crippen molar-refractivity contribution in [2.45, 2.75) is 22.4 Å². The molecular weight excluding hydrogens is 593 g/mol. The number of anilines is 1. The highest BCUT2D eigenvalue weighted by molar-refractivity contribution is 7.94. The van der Waals surface area contributed by atoms with E-state index in [-0.39, 0.29) is 31.8 Å². The number of amidine groups is 1. The van der Waals surface area contributed by atoms with E-state index in [0.29, 0.717) is 26.7 Å². The van der Waals surface area contributed by atoms with Gasteiger partial charge >= 0.3 is 0 Å². The molecule has 5 rings (SSSR count). The lowest BCUT2D eigenvalue weighted by Crippen LogP contribution is -2.21. The van der Waals surface area contributed by atoms with Gasteiger partial charge in [-0.1, -0.05) is 29.3 Å². The van der Waals surface area contributed by atoms with Crippen molar-refractivity contribution in [3.63, 3.8) is 0 Å². The van der Waals surface area contributed by atoms with Crippen LogP contribution in [0.25, 0.3) is 16.5 Å². The molecule has 38 heavy (non-hydrogen) atoms. The van der Waals surface area contributed by atoms with Crippen molar-refractivity contribution in [2.75, 3.05) is 11.1 Å². The number of sulfonamides is 1. The number of fused-ring (bicyclic) bond motifs is 2. The van der Waals surface area contributed by atoms with Crippen LogP contribution in [0.1, 0.15) is 12.5 Å². The average molecular weight is 611 g/mol. The molecule has 14 heteroatoms. The van der Waals surface area contributed by atoms with Crippen LogP contribution in [-0.4, -0.2) is 38.8 Å². The maximum Gasteiger partial charge on any atom is 0.286 e. The summed E-state index contributed by atoms with van der Waals surface area (Å²) in [5.41, 5.74) is 0.608. The van der Waals surface area contributed by atoms with Crippen LogP contribution in [-0.2, 0) is 31.1 Å². The van der Waals surface area contributed by atoms with Crippen molar-refractivity contribution in [1.82, 2.24) is 4.57 Å². The molecule has 0 unspecified atom stereocenters. The Morgan fingerprint density at radius 3 is 2.55 bits per heavy atom. The molecule has 9 nitrogen and oxygen atoms in total. The number of carbonyl (C=O) groups is 1. The summed E-state index contributed by atoms with van der Waals surface area (Å²) in [6.07, 6.45) is 1.34. The summed E-state index contributed by atoms with van der Waals surface area (Å²) in [6.45, 7) is 1.53. The Hall–Kier alpha value is -3.03. The standard InChI is InChI=1S/C24H17Cl2N3O6S3/c1-13-27-19-10-15-6-7-29(24(31)17(15)11-21(19)38(34,35)28-13)20-3-2-14(9-18(20)25)8-16(30)12-37(32,33)23-5-4-22(26)36-23/h2-7,9-11H,8,12H2,1H3,(H,27,28). The van der Waals surface area contributed by atoms with Crippen molar-refractivity contribution in [3.05, 3.63) is 80.0 Å². The fraction of sp³-hybridized carbons (Fsp3) is 0.125. The molecular formula is C24H17Cl2N3O6S3. The number of hydrogen-bond donors (Lipinski definition) is 1. The normalized spacial score (nSPS) is 14.6. The molecule has 0 amide bonds. The van der Waals surface area contributed by atoms with Gasteiger partial charge in [0.1, 0.15) is 20.7 Å². The third-order valence-corrected chi connectivity index (χ3v) is 10.9. The first-order valence-electron chi connectivity index (χ1n) is 10.9. The number of nitrogens with one attached hydrogen (secondary N) is 1. The van der Waals surface area contributed by atoms with Crippen molar-refractivity contribution >= 4 is 82.5 Å². The van der Waals surface area contributed by atoms with Crippen LogP contribution in [0.3, 0.4) is 0 Å². The minimum absolute atomic E-state index is 0.0201. The highest BCUT2D eigenvalue weighted by atomic mass is 35.5. The number of hydrogen-bond acceptors (Lipinski definition) is 8. The van der Waals surface area contributed by atoms with E-state index in [0.717, 1.165) is 11.3 Å². The summed E-state index contributed by atoms with van der Waals surface area (Å²) in [6, 6.07) is 11.9. The summed E-state index contributed by atoms with van der Waals surface area (Å²) in [5.74, 6) is -0.985. The fourth-order valence-corrected chi connectivity index (χ4v) is 8.37. The van der Waals surface area contributed by atoms with Gasteiger partial charge in [0.25, 0.3) is 15.6 Å². The highest BCUT2D eigenvalue weighted by Gasteiger charge is 2.25. The second kappa shape index (κ2) is 9.62. The fourth-order valence-electron chi connectivity index (χ4n) is 4.10. The first-order chi connectivity index (χ1) is 17.8. The topological polar surface area (TPSA) is 132 Å². The van der Waals surface area contributed by atoms with Crippen molar-refractivity contribution in [1.29, 1.82) is 0 Å². The number of Topliss-reactive ketones (excluding diaryl/α,β-unsaturated/α-hetero) is 1. The van der Waals surface area contributed by atoms with E-state index in [1.54, 1.807) is 18.2 Å². The van der Waals surface area contributed by atoms with Gasteiger partial charge in [0.05, 0.1) is 20.7 Å². The molecule has 1 aliphatic heterocycles. The molecule has 0 atom stereocenters. The Morgan fingerprint density at radius 1 is 1.11 bits per heavy atom. The first kappa shape index (κ1) is 26.6. The Balaban J connectivity index is 1.44. The summed E-state index contributed by atoms with van der Waals surface area (Å²) in [7, 11) is -7.78. The number of rotatable bonds is 6. The van der Waals surface area contributed by atoms with Crippen LogP contribution in [0.4, 0.5) is 5.69 Å². The van der Waals surface area contributed by atoms with Gasteiger partial charge in [-0.25, -0.2) is 8.42 Å². The van der Waals surface area contributed by atoms with Crippen molar-refractivity contribution < 1.29 is 21.6 Å². The van der Waals surface area contributed by atoms with Gasteiger partial charge in [0.15, 0.2) is 15.6 Å². The summed E-state index contributed by atoms with van der Waals surface area (Å²) < 4.78 is 55.2. The van der Waals surface area contributed by atoms with E-state index < -0.39 is 37.0 Å². The number of thiophene rings is 1. The average Bonchev–Trinajstić information content (AvgIpc) is 3.25. The molecule has 4 aromatic rings. The molecule has 0 radical (unpaired) electrons. The maximum atomic E-state index is 13.3. The molecule has 0 saturated carbocycles. The van der Waals surface area contributed by atoms with Crippen LogP contribution in [0.15, 0.2) is 73.0 Å². The van der Waals surface area contributed by atoms with Gasteiger partial charge in [-0.3, -0.25) is 14.2 Å². The molecule has 0 saturated heterocycles. The van der Waals surface area contributed by atoms with Gasteiger partial charge in [0, 0.05) is 18.0 Å². The number of nitrogens with zero attached hydrogens (tertiary/aromatic N) is 2. The van der Waals surface area contributed by atoms with E-state index >= 15 is 0 Å². The SMILES string of the molecule is CC1=NS(=O)(=O)c2cc3c(=O)n(-c4ccc(CC(=O)CS(=O)(=O)c5ccc(Cl)s5)cc4Cl)ccc3cc2N1. The van der Waals surface area contributed by atoms with Gasteiger partial charge < -0.3 is 5.32 Å². The molecule has 2 aromatic carbocycles. The lowest BCUT2D eigenvalue weighted by atomic mass is 10.1. The largest absolute Gasteiger partial charge is 0.342 e. The number of sulfone groups is 1. The van der Waals surface area contributed by atoms with Gasteiger partial charge in [-0.05, 0) is 60.3 Å². The zero-order valence-corrected chi connectivity index (χ0v) is 23.4. The first-order valence-corrected chi connectivity index (χ1v) is 15.6. The summed E-state index contributed by atoms with van der Waals surface area (Å²) >= 11 is 13.1. The minimum Gasteiger partial charge on any atom is -0.342 e. The van der Waals surface area contributed by atoms with E-state index in [1.807, 2.05) is 0 Å². The van der Waals surface area contributed by atoms with Crippen molar-refractivity contribution in [3.8, 4) is 5.69 Å². The highest BCUT2D eigenvalue weighted by Crippen LogP contribution is 2.31. The molecule has 1 aliphatic rings. The number of carbonyl (C=O) groups excluding carboxylic acids is 1. The number of halogens is 2. The number of benzene rings is 2. The molecule has 3 heterocycles. The van der Waals surface area contributed by atoms with Crippen LogP contribution in [0.2, 0.25) is 9.36 Å². The zero-order chi connectivity index (χ0) is 27.4. The molecule has 2 aromatic heterocycles. The van der Waals surface area contributed by atoms with Gasteiger partial charge in [-0.15, -0.1) is 15.7 Å². The minimum atomic E-state index is -3.96. The van der Waals surface area contributed by atoms with Crippen LogP contribution in [0.5, 0.6) is 0 Å². The van der Waals surface area contributed by atoms with E-state index in [9.17, 15) is 26.4 Å². The van der Waals surface area contributed by atoms with Crippen molar-refractivity contribution in [2.24, 2.45) is 4.40 Å². The van der Waals surface area contributed by atoms with Crippen LogP contribution in [0, 0.1) is 0 Å². The number of pyridine rings is 1. The van der Waals surface area contributed by atoms with E-state index in [1.165, 1.54) is 48.0 Å². The predicted octanol–water partition coefficient (Wildman–Crippen LogP) is 4.48. The second-order valence-corrected chi connectivity index (χ2v) is 14.4. The quantitative estimate of drug-likeness (QED) is 0.341. The molecule has 0 bridgehead atoms. The van der Waals surface area contributed by atoms with Crippen LogP contribution >= 0.6 is 34.5 Å².